The second kappa shape index (κ2) is 13.6. The third kappa shape index (κ3) is 7.96. The van der Waals surface area contributed by atoms with Crippen LogP contribution < -0.4 is 10.2 Å². The van der Waals surface area contributed by atoms with E-state index in [9.17, 15) is 14.4 Å². The topological polar surface area (TPSA) is 99.2 Å². The molecule has 0 aromatic heterocycles. The molecule has 8 heteroatoms. The van der Waals surface area contributed by atoms with Crippen molar-refractivity contribution < 1.29 is 24.2 Å². The number of hydrogen-bond acceptors (Lipinski definition) is 4. The quantitative estimate of drug-likeness (QED) is 0.332. The first-order valence-corrected chi connectivity index (χ1v) is 12.3. The molecule has 0 aliphatic heterocycles. The first-order chi connectivity index (χ1) is 18.3. The van der Waals surface area contributed by atoms with E-state index >= 15 is 0 Å². The fraction of sp³-hybridized carbons (Fsp3) is 0.233. The number of anilines is 2. The number of hydrogen-bond donors (Lipinski definition) is 2. The zero-order valence-corrected chi connectivity index (χ0v) is 21.8. The van der Waals surface area contributed by atoms with Crippen LogP contribution >= 0.6 is 0 Å². The summed E-state index contributed by atoms with van der Waals surface area (Å²) in [6.07, 6.45) is 2.11. The highest BCUT2D eigenvalue weighted by atomic mass is 16.6. The molecule has 0 saturated heterocycles. The first kappa shape index (κ1) is 28.0. The summed E-state index contributed by atoms with van der Waals surface area (Å²) in [6.45, 7) is 4.07. The van der Waals surface area contributed by atoms with Crippen molar-refractivity contribution >= 4 is 29.5 Å². The maximum Gasteiger partial charge on any atom is 0.410 e. The van der Waals surface area contributed by atoms with Gasteiger partial charge in [0.25, 0.3) is 0 Å². The molecular weight excluding hydrogens is 482 g/mol. The number of aryl methyl sites for hydroxylation is 2. The predicted molar refractivity (Wildman–Crippen MR) is 147 cm³/mol. The fourth-order valence-corrected chi connectivity index (χ4v) is 3.91. The van der Waals surface area contributed by atoms with Crippen molar-refractivity contribution in [3.05, 3.63) is 108 Å². The monoisotopic (exact) mass is 515 g/mol. The number of ether oxygens (including phenoxy) is 1. The number of amides is 3. The molecule has 0 aliphatic carbocycles. The van der Waals surface area contributed by atoms with E-state index in [1.807, 2.05) is 92.7 Å². The van der Waals surface area contributed by atoms with Crippen molar-refractivity contribution in [2.75, 3.05) is 18.5 Å². The van der Waals surface area contributed by atoms with E-state index in [2.05, 4.69) is 5.32 Å². The van der Waals surface area contributed by atoms with Crippen LogP contribution in [0.5, 0.6) is 0 Å². The van der Waals surface area contributed by atoms with Gasteiger partial charge in [-0.1, -0.05) is 66.7 Å². The van der Waals surface area contributed by atoms with Crippen molar-refractivity contribution in [2.24, 2.45) is 0 Å². The summed E-state index contributed by atoms with van der Waals surface area (Å²) in [7, 11) is 1.57. The third-order valence-electron chi connectivity index (χ3n) is 6.02. The Bertz CT molecular complexity index is 1280. The Morgan fingerprint density at radius 2 is 1.68 bits per heavy atom. The Labute approximate surface area is 223 Å². The van der Waals surface area contributed by atoms with Gasteiger partial charge in [-0.15, -0.1) is 0 Å². The summed E-state index contributed by atoms with van der Waals surface area (Å²) in [5.41, 5.74) is 4.21. The number of likely N-dealkylation sites (N-methyl/N-ethyl adjacent to an activating group) is 1. The minimum absolute atomic E-state index is 0.0773. The van der Waals surface area contributed by atoms with E-state index in [1.54, 1.807) is 11.9 Å². The Morgan fingerprint density at radius 3 is 2.37 bits per heavy atom. The highest BCUT2D eigenvalue weighted by Crippen LogP contribution is 2.29. The maximum atomic E-state index is 13.6. The molecule has 0 aliphatic rings. The van der Waals surface area contributed by atoms with Crippen LogP contribution in [0.1, 0.15) is 23.1 Å². The van der Waals surface area contributed by atoms with E-state index in [1.165, 1.54) is 11.0 Å². The van der Waals surface area contributed by atoms with E-state index in [0.717, 1.165) is 28.5 Å². The summed E-state index contributed by atoms with van der Waals surface area (Å²) in [6, 6.07) is 23.6. The van der Waals surface area contributed by atoms with Gasteiger partial charge in [-0.2, -0.15) is 0 Å². The van der Waals surface area contributed by atoms with Crippen LogP contribution in [-0.4, -0.2) is 47.7 Å². The number of rotatable bonds is 10. The maximum absolute atomic E-state index is 13.6. The van der Waals surface area contributed by atoms with Crippen molar-refractivity contribution in [1.82, 2.24) is 10.2 Å². The van der Waals surface area contributed by atoms with Crippen LogP contribution in [0.4, 0.5) is 21.0 Å². The molecule has 38 heavy (non-hydrogen) atoms. The molecule has 3 rings (SSSR count). The lowest BCUT2D eigenvalue weighted by atomic mass is 10.1. The van der Waals surface area contributed by atoms with Crippen molar-refractivity contribution in [3.63, 3.8) is 0 Å². The summed E-state index contributed by atoms with van der Waals surface area (Å²) in [5.74, 6) is -1.09. The van der Waals surface area contributed by atoms with Gasteiger partial charge >= 0.3 is 18.1 Å². The largest absolute Gasteiger partial charge is 0.478 e. The molecule has 0 saturated carbocycles. The molecule has 198 valence electrons. The van der Waals surface area contributed by atoms with Gasteiger partial charge in [-0.3, -0.25) is 4.90 Å². The van der Waals surface area contributed by atoms with Gasteiger partial charge < -0.3 is 20.1 Å². The number of carbonyl (C=O) groups is 3. The first-order valence-electron chi connectivity index (χ1n) is 12.3. The number of para-hydroxylation sites is 1. The number of benzene rings is 3. The van der Waals surface area contributed by atoms with Crippen LogP contribution in [0.25, 0.3) is 0 Å². The van der Waals surface area contributed by atoms with Crippen LogP contribution in [0, 0.1) is 13.8 Å². The molecule has 0 radical (unpaired) electrons. The molecule has 3 aromatic rings. The minimum atomic E-state index is -1.09. The van der Waals surface area contributed by atoms with Crippen LogP contribution in [0.2, 0.25) is 0 Å². The molecule has 2 N–H and O–H groups in total. The Kier molecular flexibility index (Phi) is 10.0. The van der Waals surface area contributed by atoms with Gasteiger partial charge in [-0.25, -0.2) is 14.4 Å². The van der Waals surface area contributed by atoms with Gasteiger partial charge in [0.2, 0.25) is 0 Å². The van der Waals surface area contributed by atoms with Gasteiger partial charge in [-0.05, 0) is 55.2 Å². The number of nitrogens with zero attached hydrogens (tertiary/aromatic N) is 2. The molecular formula is C30H33N3O5. The Balaban J connectivity index is 1.78. The average Bonchev–Trinajstić information content (AvgIpc) is 2.90. The third-order valence-corrected chi connectivity index (χ3v) is 6.02. The van der Waals surface area contributed by atoms with Crippen molar-refractivity contribution in [3.8, 4) is 0 Å². The van der Waals surface area contributed by atoms with E-state index in [-0.39, 0.29) is 25.6 Å². The van der Waals surface area contributed by atoms with Crippen LogP contribution in [0.3, 0.4) is 0 Å². The molecule has 1 atom stereocenters. The van der Waals surface area contributed by atoms with E-state index < -0.39 is 18.1 Å². The molecule has 0 heterocycles. The normalized spacial score (nSPS) is 11.6. The molecule has 3 aromatic carbocycles. The van der Waals surface area contributed by atoms with Crippen LogP contribution in [0.15, 0.2) is 91.0 Å². The lowest BCUT2D eigenvalue weighted by molar-refractivity contribution is -0.131. The summed E-state index contributed by atoms with van der Waals surface area (Å²) in [4.78, 5) is 40.3. The lowest BCUT2D eigenvalue weighted by Crippen LogP contribution is -2.47. The molecule has 0 unspecified atom stereocenters. The number of aliphatic carboxylic acids is 1. The average molecular weight is 516 g/mol. The fourth-order valence-electron chi connectivity index (χ4n) is 3.91. The highest BCUT2D eigenvalue weighted by molar-refractivity contribution is 6.00. The number of carbonyl (C=O) groups excluding carboxylic acids is 2. The highest BCUT2D eigenvalue weighted by Gasteiger charge is 2.24. The summed E-state index contributed by atoms with van der Waals surface area (Å²) < 4.78 is 5.44. The molecule has 3 amide bonds. The molecule has 0 spiro atoms. The SMILES string of the molecule is Cc1cccc(N(C(=O)NC[C@H](C/C=C/C(=O)O)N(C)C(=O)OCc2ccccc2)c2ccccc2C)c1. The summed E-state index contributed by atoms with van der Waals surface area (Å²) >= 11 is 0. The van der Waals surface area contributed by atoms with Gasteiger partial charge in [0.15, 0.2) is 0 Å². The number of carboxylic acids is 1. The standard InChI is InChI=1S/C30H33N3O5/c1-22-11-9-15-25(19-22)33(27-17-8-7-12-23(27)2)29(36)31-20-26(16-10-18-28(34)35)32(3)30(37)38-21-24-13-5-4-6-14-24/h4-15,17-19,26H,16,20-21H2,1-3H3,(H,31,36)(H,34,35)/b18-10+/t26-/m0/s1. The number of carboxylic acid groups (broad SMARTS) is 1. The zero-order valence-electron chi connectivity index (χ0n) is 21.8. The lowest BCUT2D eigenvalue weighted by Gasteiger charge is -2.29. The second-order valence-corrected chi connectivity index (χ2v) is 8.93. The second-order valence-electron chi connectivity index (χ2n) is 8.93. The minimum Gasteiger partial charge on any atom is -0.478 e. The molecule has 0 bridgehead atoms. The number of nitrogens with one attached hydrogen (secondary N) is 1. The van der Waals surface area contributed by atoms with Crippen LogP contribution in [-0.2, 0) is 16.1 Å². The smallest absolute Gasteiger partial charge is 0.410 e. The zero-order chi connectivity index (χ0) is 27.5. The Hall–Kier alpha value is -4.59. The Morgan fingerprint density at radius 1 is 0.974 bits per heavy atom. The van der Waals surface area contributed by atoms with Crippen molar-refractivity contribution in [2.45, 2.75) is 32.9 Å². The van der Waals surface area contributed by atoms with Gasteiger partial charge in [0, 0.05) is 19.7 Å². The predicted octanol–water partition coefficient (Wildman–Crippen LogP) is 5.82. The molecule has 8 nitrogen and oxygen atoms in total. The van der Waals surface area contributed by atoms with Gasteiger partial charge in [0.05, 0.1) is 17.4 Å². The van der Waals surface area contributed by atoms with Crippen molar-refractivity contribution in [1.29, 1.82) is 0 Å². The van der Waals surface area contributed by atoms with E-state index in [4.69, 9.17) is 9.84 Å². The van der Waals surface area contributed by atoms with E-state index in [0.29, 0.717) is 5.69 Å². The summed E-state index contributed by atoms with van der Waals surface area (Å²) in [5, 5.41) is 11.9. The number of urea groups is 1. The molecule has 0 fully saturated rings. The van der Waals surface area contributed by atoms with Gasteiger partial charge in [0.1, 0.15) is 6.61 Å².